The van der Waals surface area contributed by atoms with Crippen molar-refractivity contribution in [3.8, 4) is 0 Å². The molecule has 1 aliphatic heterocycles. The first-order valence-corrected chi connectivity index (χ1v) is 8.07. The third kappa shape index (κ3) is 1.81. The molecule has 1 heterocycles. The van der Waals surface area contributed by atoms with Crippen LogP contribution < -0.4 is 0 Å². The number of benzene rings is 1. The largest absolute Gasteiger partial charge is 0.342 e. The Morgan fingerprint density at radius 2 is 1.90 bits per heavy atom. The summed E-state index contributed by atoms with van der Waals surface area (Å²) in [6, 6.07) is 8.94. The van der Waals surface area contributed by atoms with Gasteiger partial charge >= 0.3 is 0 Å². The summed E-state index contributed by atoms with van der Waals surface area (Å²) in [6.45, 7) is 4.13. The Morgan fingerprint density at radius 3 is 2.60 bits per heavy atom. The predicted molar refractivity (Wildman–Crippen MR) is 79.5 cm³/mol. The molecule has 0 radical (unpaired) electrons. The zero-order chi connectivity index (χ0) is 13.7. The molecule has 1 aromatic rings. The topological polar surface area (TPSA) is 20.3 Å². The second-order valence-electron chi connectivity index (χ2n) is 7.08. The van der Waals surface area contributed by atoms with Crippen molar-refractivity contribution >= 4 is 5.91 Å². The Labute approximate surface area is 121 Å². The average Bonchev–Trinajstić information content (AvgIpc) is 3.12. The van der Waals surface area contributed by atoms with Crippen molar-refractivity contribution in [1.82, 2.24) is 4.90 Å². The van der Waals surface area contributed by atoms with Crippen LogP contribution in [0, 0.1) is 11.8 Å². The van der Waals surface area contributed by atoms with E-state index in [0.717, 1.165) is 32.4 Å². The lowest BCUT2D eigenvalue weighted by Crippen LogP contribution is -2.45. The van der Waals surface area contributed by atoms with E-state index in [9.17, 15) is 4.79 Å². The van der Waals surface area contributed by atoms with E-state index < -0.39 is 0 Å². The number of amides is 1. The lowest BCUT2D eigenvalue weighted by atomic mass is 9.74. The fourth-order valence-corrected chi connectivity index (χ4v) is 4.34. The number of hydrogen-bond acceptors (Lipinski definition) is 1. The number of carbonyl (C=O) groups excluding carboxylic acids is 1. The Bertz CT molecular complexity index is 542. The second-order valence-corrected chi connectivity index (χ2v) is 7.08. The lowest BCUT2D eigenvalue weighted by molar-refractivity contribution is -0.134. The Balaban J connectivity index is 1.49. The van der Waals surface area contributed by atoms with Crippen molar-refractivity contribution in [2.75, 3.05) is 13.1 Å². The normalized spacial score (nSPS) is 30.4. The van der Waals surface area contributed by atoms with Gasteiger partial charge in [0.2, 0.25) is 5.91 Å². The highest BCUT2D eigenvalue weighted by atomic mass is 16.2. The van der Waals surface area contributed by atoms with Crippen molar-refractivity contribution < 1.29 is 4.79 Å². The highest BCUT2D eigenvalue weighted by Gasteiger charge is 2.45. The molecule has 0 unspecified atom stereocenters. The first-order chi connectivity index (χ1) is 9.70. The van der Waals surface area contributed by atoms with Crippen LogP contribution in [0.15, 0.2) is 24.3 Å². The van der Waals surface area contributed by atoms with Gasteiger partial charge in [0.25, 0.3) is 0 Å². The number of rotatable bonds is 1. The standard InChI is InChI=1S/C18H23NO/c1-13-12-15(13)17(20)19-10-8-18(9-11-19)7-6-14-4-2-3-5-16(14)18/h2-5,13,15H,6-12H2,1H3/t13-,15+/m1/s1. The van der Waals surface area contributed by atoms with E-state index in [-0.39, 0.29) is 0 Å². The van der Waals surface area contributed by atoms with E-state index in [2.05, 4.69) is 36.1 Å². The summed E-state index contributed by atoms with van der Waals surface area (Å²) in [5.74, 6) is 1.41. The van der Waals surface area contributed by atoms with Crippen LogP contribution in [0.3, 0.4) is 0 Å². The zero-order valence-corrected chi connectivity index (χ0v) is 12.3. The van der Waals surface area contributed by atoms with Crippen LogP contribution >= 0.6 is 0 Å². The van der Waals surface area contributed by atoms with Crippen molar-refractivity contribution in [2.45, 2.75) is 44.4 Å². The average molecular weight is 269 g/mol. The summed E-state index contributed by atoms with van der Waals surface area (Å²) in [7, 11) is 0. The number of likely N-dealkylation sites (tertiary alicyclic amines) is 1. The molecular formula is C18H23NO. The van der Waals surface area contributed by atoms with E-state index in [0.29, 0.717) is 23.2 Å². The van der Waals surface area contributed by atoms with Gasteiger partial charge in [0.05, 0.1) is 0 Å². The molecule has 3 aliphatic rings. The molecule has 4 rings (SSSR count). The van der Waals surface area contributed by atoms with Gasteiger partial charge in [-0.05, 0) is 54.6 Å². The van der Waals surface area contributed by atoms with Crippen molar-refractivity contribution in [2.24, 2.45) is 11.8 Å². The van der Waals surface area contributed by atoms with Gasteiger partial charge in [0.15, 0.2) is 0 Å². The first kappa shape index (κ1) is 12.4. The molecule has 1 amide bonds. The summed E-state index contributed by atoms with van der Waals surface area (Å²) < 4.78 is 0. The molecule has 106 valence electrons. The van der Waals surface area contributed by atoms with Crippen molar-refractivity contribution in [3.63, 3.8) is 0 Å². The maximum Gasteiger partial charge on any atom is 0.225 e. The molecular weight excluding hydrogens is 246 g/mol. The maximum absolute atomic E-state index is 12.3. The van der Waals surface area contributed by atoms with Gasteiger partial charge in [-0.1, -0.05) is 31.2 Å². The molecule has 1 spiro atoms. The molecule has 2 atom stereocenters. The summed E-state index contributed by atoms with van der Waals surface area (Å²) in [5.41, 5.74) is 3.50. The minimum absolute atomic E-state index is 0.347. The monoisotopic (exact) mass is 269 g/mol. The van der Waals surface area contributed by atoms with Gasteiger partial charge in [0.1, 0.15) is 0 Å². The van der Waals surface area contributed by atoms with E-state index >= 15 is 0 Å². The molecule has 1 saturated heterocycles. The molecule has 0 N–H and O–H groups in total. The molecule has 0 aromatic heterocycles. The quantitative estimate of drug-likeness (QED) is 0.767. The smallest absolute Gasteiger partial charge is 0.225 e. The molecule has 2 fully saturated rings. The van der Waals surface area contributed by atoms with Crippen LogP contribution in [0.1, 0.15) is 43.7 Å². The van der Waals surface area contributed by atoms with E-state index in [1.54, 1.807) is 11.1 Å². The van der Waals surface area contributed by atoms with Gasteiger partial charge in [-0.15, -0.1) is 0 Å². The molecule has 20 heavy (non-hydrogen) atoms. The Kier molecular flexibility index (Phi) is 2.70. The molecule has 2 aliphatic carbocycles. The fourth-order valence-electron chi connectivity index (χ4n) is 4.34. The number of nitrogens with zero attached hydrogens (tertiary/aromatic N) is 1. The maximum atomic E-state index is 12.3. The molecule has 2 heteroatoms. The summed E-state index contributed by atoms with van der Waals surface area (Å²) in [5, 5.41) is 0. The first-order valence-electron chi connectivity index (χ1n) is 8.07. The molecule has 2 nitrogen and oxygen atoms in total. The summed E-state index contributed by atoms with van der Waals surface area (Å²) >= 11 is 0. The minimum atomic E-state index is 0.347. The van der Waals surface area contributed by atoms with Crippen LogP contribution in [0.25, 0.3) is 0 Å². The zero-order valence-electron chi connectivity index (χ0n) is 12.3. The molecule has 1 aromatic carbocycles. The van der Waals surface area contributed by atoms with E-state index in [4.69, 9.17) is 0 Å². The highest BCUT2D eigenvalue weighted by molar-refractivity contribution is 5.81. The SMILES string of the molecule is C[C@@H]1C[C@@H]1C(=O)N1CCC2(CCc3ccccc32)CC1. The summed E-state index contributed by atoms with van der Waals surface area (Å²) in [6.07, 6.45) is 5.95. The highest BCUT2D eigenvalue weighted by Crippen LogP contribution is 2.47. The predicted octanol–water partition coefficient (Wildman–Crippen LogP) is 3.15. The van der Waals surface area contributed by atoms with E-state index in [1.165, 1.54) is 12.8 Å². The Morgan fingerprint density at radius 1 is 1.20 bits per heavy atom. The van der Waals surface area contributed by atoms with Gasteiger partial charge in [-0.25, -0.2) is 0 Å². The van der Waals surface area contributed by atoms with Crippen LogP contribution in [0.2, 0.25) is 0 Å². The molecule has 0 bridgehead atoms. The van der Waals surface area contributed by atoms with Gasteiger partial charge < -0.3 is 4.90 Å². The number of fused-ring (bicyclic) bond motifs is 2. The van der Waals surface area contributed by atoms with Gasteiger partial charge in [0, 0.05) is 19.0 Å². The lowest BCUT2D eigenvalue weighted by Gasteiger charge is -2.40. The summed E-state index contributed by atoms with van der Waals surface area (Å²) in [4.78, 5) is 14.5. The third-order valence-corrected chi connectivity index (χ3v) is 5.92. The van der Waals surface area contributed by atoms with Gasteiger partial charge in [-0.3, -0.25) is 4.79 Å². The third-order valence-electron chi connectivity index (χ3n) is 5.92. The fraction of sp³-hybridized carbons (Fsp3) is 0.611. The minimum Gasteiger partial charge on any atom is -0.342 e. The number of carbonyl (C=O) groups is 1. The van der Waals surface area contributed by atoms with E-state index in [1.807, 2.05) is 0 Å². The van der Waals surface area contributed by atoms with Crippen molar-refractivity contribution in [1.29, 1.82) is 0 Å². The van der Waals surface area contributed by atoms with Crippen LogP contribution in [0.4, 0.5) is 0 Å². The number of piperidine rings is 1. The van der Waals surface area contributed by atoms with Crippen LogP contribution in [0.5, 0.6) is 0 Å². The molecule has 1 saturated carbocycles. The van der Waals surface area contributed by atoms with Crippen LogP contribution in [-0.2, 0) is 16.6 Å². The number of hydrogen-bond donors (Lipinski definition) is 0. The van der Waals surface area contributed by atoms with Crippen LogP contribution in [-0.4, -0.2) is 23.9 Å². The Hall–Kier alpha value is -1.31. The second kappa shape index (κ2) is 4.34. The van der Waals surface area contributed by atoms with Gasteiger partial charge in [-0.2, -0.15) is 0 Å². The van der Waals surface area contributed by atoms with Crippen molar-refractivity contribution in [3.05, 3.63) is 35.4 Å². The number of aryl methyl sites for hydroxylation is 1.